The van der Waals surface area contributed by atoms with Crippen LogP contribution in [0.4, 0.5) is 11.4 Å². The lowest BCUT2D eigenvalue weighted by molar-refractivity contribution is 0.136. The zero-order valence-electron chi connectivity index (χ0n) is 9.36. The van der Waals surface area contributed by atoms with E-state index in [2.05, 4.69) is 20.8 Å². The molecule has 3 N–H and O–H groups in total. The number of aliphatic hydroxyl groups excluding tert-OH is 1. The highest BCUT2D eigenvalue weighted by Crippen LogP contribution is 2.32. The predicted octanol–water partition coefficient (Wildman–Crippen LogP) is 2.24. The van der Waals surface area contributed by atoms with Crippen molar-refractivity contribution in [3.63, 3.8) is 0 Å². The average molecular weight is 285 g/mol. The minimum atomic E-state index is -0.224. The van der Waals surface area contributed by atoms with Gasteiger partial charge >= 0.3 is 0 Å². The Balaban J connectivity index is 2.14. The van der Waals surface area contributed by atoms with Gasteiger partial charge in [-0.2, -0.15) is 0 Å². The normalized spacial score (nSPS) is 22.4. The summed E-state index contributed by atoms with van der Waals surface area (Å²) < 4.78 is 1.03. The van der Waals surface area contributed by atoms with E-state index in [1.54, 1.807) is 0 Å². The number of nitrogens with two attached hydrogens (primary N) is 1. The van der Waals surface area contributed by atoms with E-state index in [0.29, 0.717) is 5.92 Å². The van der Waals surface area contributed by atoms with Gasteiger partial charge in [0.2, 0.25) is 0 Å². The van der Waals surface area contributed by atoms with Gasteiger partial charge in [0.05, 0.1) is 11.8 Å². The molecule has 0 saturated carbocycles. The molecule has 0 bridgehead atoms. The van der Waals surface area contributed by atoms with E-state index >= 15 is 0 Å². The molecular formula is C12H17BrN2O. The summed E-state index contributed by atoms with van der Waals surface area (Å²) in [6.45, 7) is 3.78. The molecule has 0 aliphatic carbocycles. The van der Waals surface area contributed by atoms with Crippen LogP contribution in [-0.2, 0) is 0 Å². The van der Waals surface area contributed by atoms with Crippen LogP contribution in [0.5, 0.6) is 0 Å². The Hall–Kier alpha value is -0.740. The van der Waals surface area contributed by atoms with Crippen molar-refractivity contribution in [3.8, 4) is 0 Å². The maximum Gasteiger partial charge on any atom is 0.0557 e. The third kappa shape index (κ3) is 2.33. The molecule has 1 aliphatic rings. The van der Waals surface area contributed by atoms with Crippen LogP contribution < -0.4 is 10.6 Å². The standard InChI is InChI=1S/C12H17BrN2O/c1-8(16)9-4-5-15(7-9)12-3-2-10(14)6-11(12)13/h2-3,6,8-9,16H,4-5,7,14H2,1H3. The Morgan fingerprint density at radius 2 is 2.31 bits per heavy atom. The largest absolute Gasteiger partial charge is 0.399 e. The number of halogens is 1. The monoisotopic (exact) mass is 284 g/mol. The van der Waals surface area contributed by atoms with Gasteiger partial charge in [-0.05, 0) is 47.5 Å². The Labute approximate surface area is 104 Å². The lowest BCUT2D eigenvalue weighted by Crippen LogP contribution is -2.24. The van der Waals surface area contributed by atoms with Crippen molar-refractivity contribution in [2.45, 2.75) is 19.4 Å². The van der Waals surface area contributed by atoms with Crippen molar-refractivity contribution in [2.24, 2.45) is 5.92 Å². The first-order valence-corrected chi connectivity index (χ1v) is 6.35. The first kappa shape index (κ1) is 11.7. The van der Waals surface area contributed by atoms with E-state index in [-0.39, 0.29) is 6.10 Å². The summed E-state index contributed by atoms with van der Waals surface area (Å²) in [5, 5.41) is 9.57. The minimum absolute atomic E-state index is 0.224. The van der Waals surface area contributed by atoms with E-state index in [4.69, 9.17) is 5.73 Å². The summed E-state index contributed by atoms with van der Waals surface area (Å²) in [4.78, 5) is 2.29. The molecular weight excluding hydrogens is 268 g/mol. The van der Waals surface area contributed by atoms with Crippen molar-refractivity contribution in [2.75, 3.05) is 23.7 Å². The van der Waals surface area contributed by atoms with Gasteiger partial charge in [-0.3, -0.25) is 0 Å². The minimum Gasteiger partial charge on any atom is -0.399 e. The molecule has 2 rings (SSSR count). The second-order valence-electron chi connectivity index (χ2n) is 4.45. The van der Waals surface area contributed by atoms with Gasteiger partial charge in [0.1, 0.15) is 0 Å². The van der Waals surface area contributed by atoms with Crippen molar-refractivity contribution in [1.29, 1.82) is 0 Å². The summed E-state index contributed by atoms with van der Waals surface area (Å²) >= 11 is 3.53. The van der Waals surface area contributed by atoms with Gasteiger partial charge in [0.25, 0.3) is 0 Å². The third-order valence-electron chi connectivity index (χ3n) is 3.22. The highest BCUT2D eigenvalue weighted by molar-refractivity contribution is 9.10. The zero-order valence-corrected chi connectivity index (χ0v) is 10.9. The Bertz CT molecular complexity index is 381. The van der Waals surface area contributed by atoms with E-state index < -0.39 is 0 Å². The number of aliphatic hydroxyl groups is 1. The van der Waals surface area contributed by atoms with Crippen LogP contribution in [0.1, 0.15) is 13.3 Å². The first-order valence-electron chi connectivity index (χ1n) is 5.56. The van der Waals surface area contributed by atoms with Crippen LogP contribution in [0.3, 0.4) is 0 Å². The second-order valence-corrected chi connectivity index (χ2v) is 5.30. The fraction of sp³-hybridized carbons (Fsp3) is 0.500. The van der Waals surface area contributed by atoms with Crippen molar-refractivity contribution in [1.82, 2.24) is 0 Å². The first-order chi connectivity index (χ1) is 7.58. The molecule has 1 fully saturated rings. The number of rotatable bonds is 2. The number of benzene rings is 1. The highest BCUT2D eigenvalue weighted by atomic mass is 79.9. The average Bonchev–Trinajstić information content (AvgIpc) is 2.66. The maximum absolute atomic E-state index is 9.57. The molecule has 16 heavy (non-hydrogen) atoms. The molecule has 3 nitrogen and oxygen atoms in total. The molecule has 88 valence electrons. The van der Waals surface area contributed by atoms with Crippen molar-refractivity contribution >= 4 is 27.3 Å². The van der Waals surface area contributed by atoms with Gasteiger partial charge in [0, 0.05) is 29.2 Å². The fourth-order valence-corrected chi connectivity index (χ4v) is 2.83. The lowest BCUT2D eigenvalue weighted by atomic mass is 10.0. The van der Waals surface area contributed by atoms with Gasteiger partial charge in [-0.15, -0.1) is 0 Å². The lowest BCUT2D eigenvalue weighted by Gasteiger charge is -2.21. The smallest absolute Gasteiger partial charge is 0.0557 e. The van der Waals surface area contributed by atoms with Crippen LogP contribution in [0.25, 0.3) is 0 Å². The Kier molecular flexibility index (Phi) is 3.40. The molecule has 2 atom stereocenters. The van der Waals surface area contributed by atoms with Crippen LogP contribution >= 0.6 is 15.9 Å². The molecule has 0 spiro atoms. The van der Waals surface area contributed by atoms with E-state index in [0.717, 1.165) is 35.4 Å². The number of hydrogen-bond donors (Lipinski definition) is 2. The number of hydrogen-bond acceptors (Lipinski definition) is 3. The van der Waals surface area contributed by atoms with E-state index in [1.165, 1.54) is 0 Å². The Morgan fingerprint density at radius 3 is 2.88 bits per heavy atom. The summed E-state index contributed by atoms with van der Waals surface area (Å²) in [5.74, 6) is 0.379. The summed E-state index contributed by atoms with van der Waals surface area (Å²) in [6, 6.07) is 5.87. The molecule has 2 unspecified atom stereocenters. The predicted molar refractivity (Wildman–Crippen MR) is 70.6 cm³/mol. The second kappa shape index (κ2) is 4.63. The van der Waals surface area contributed by atoms with Crippen LogP contribution in [0.2, 0.25) is 0 Å². The van der Waals surface area contributed by atoms with Gasteiger partial charge in [-0.1, -0.05) is 0 Å². The number of anilines is 2. The van der Waals surface area contributed by atoms with Crippen LogP contribution in [0.15, 0.2) is 22.7 Å². The molecule has 0 amide bonds. The van der Waals surface area contributed by atoms with E-state index in [1.807, 2.05) is 25.1 Å². The number of nitrogens with zero attached hydrogens (tertiary/aromatic N) is 1. The summed E-state index contributed by atoms with van der Waals surface area (Å²) in [5.41, 5.74) is 7.64. The molecule has 1 aliphatic heterocycles. The van der Waals surface area contributed by atoms with Crippen molar-refractivity contribution in [3.05, 3.63) is 22.7 Å². The molecule has 0 aromatic heterocycles. The Morgan fingerprint density at radius 1 is 1.56 bits per heavy atom. The van der Waals surface area contributed by atoms with E-state index in [9.17, 15) is 5.11 Å². The molecule has 1 aromatic carbocycles. The molecule has 1 aromatic rings. The van der Waals surface area contributed by atoms with Crippen LogP contribution in [-0.4, -0.2) is 24.3 Å². The van der Waals surface area contributed by atoms with Gasteiger partial charge in [0.15, 0.2) is 0 Å². The summed E-state index contributed by atoms with van der Waals surface area (Å²) in [6.07, 6.45) is 0.826. The molecule has 0 radical (unpaired) electrons. The zero-order chi connectivity index (χ0) is 11.7. The quantitative estimate of drug-likeness (QED) is 0.819. The highest BCUT2D eigenvalue weighted by Gasteiger charge is 2.26. The van der Waals surface area contributed by atoms with Gasteiger partial charge in [-0.25, -0.2) is 0 Å². The topological polar surface area (TPSA) is 49.5 Å². The summed E-state index contributed by atoms with van der Waals surface area (Å²) in [7, 11) is 0. The molecule has 1 heterocycles. The van der Waals surface area contributed by atoms with Crippen molar-refractivity contribution < 1.29 is 5.11 Å². The third-order valence-corrected chi connectivity index (χ3v) is 3.85. The molecule has 1 saturated heterocycles. The fourth-order valence-electron chi connectivity index (χ4n) is 2.18. The SMILES string of the molecule is CC(O)C1CCN(c2ccc(N)cc2Br)C1. The number of nitrogen functional groups attached to an aromatic ring is 1. The molecule has 4 heteroatoms. The maximum atomic E-state index is 9.57. The van der Waals surface area contributed by atoms with Gasteiger partial charge < -0.3 is 15.7 Å². The van der Waals surface area contributed by atoms with Crippen LogP contribution in [0, 0.1) is 5.92 Å².